The first kappa shape index (κ1) is 23.3. The number of carbonyl (C=O) groups excluding carboxylic acids is 2. The molecule has 2 aliphatic rings. The lowest BCUT2D eigenvalue weighted by atomic mass is 9.30. The third kappa shape index (κ3) is 2.70. The van der Waals surface area contributed by atoms with Crippen molar-refractivity contribution >= 4 is 11.8 Å². The Morgan fingerprint density at radius 2 is 1.52 bits per heavy atom. The van der Waals surface area contributed by atoms with Gasteiger partial charge in [0, 0.05) is 24.1 Å². The van der Waals surface area contributed by atoms with E-state index in [0.29, 0.717) is 5.56 Å². The van der Waals surface area contributed by atoms with Gasteiger partial charge in [0.05, 0.1) is 18.6 Å². The first-order chi connectivity index (χ1) is 15.5. The molecule has 0 saturated heterocycles. The highest BCUT2D eigenvalue weighted by molar-refractivity contribution is 5.94. The standard InChI is InChI=1S/C23H26N2O8/c1-25-20(30)14-8-4-12(5-9-14)17-21(31,15(27)10-26)23(33)16(18(28)22(17,23)32)11-2-6-13(7-3-11)19(24)29/h2-9,15-18,26-28,31-33H,10H2,1H3,(H2,24,29)(H,25,30)/t15-,16?,17?,18?,21+,22+,23+/m1/s1. The van der Waals surface area contributed by atoms with Gasteiger partial charge in [0.15, 0.2) is 0 Å². The molecule has 0 bridgehead atoms. The van der Waals surface area contributed by atoms with Crippen LogP contribution in [-0.4, -0.2) is 85.1 Å². The van der Waals surface area contributed by atoms with Crippen molar-refractivity contribution in [2.24, 2.45) is 5.73 Å². The smallest absolute Gasteiger partial charge is 0.251 e. The van der Waals surface area contributed by atoms with Crippen LogP contribution in [0.3, 0.4) is 0 Å². The molecule has 0 heterocycles. The number of hydrogen-bond acceptors (Lipinski definition) is 8. The maximum atomic E-state index is 11.8. The van der Waals surface area contributed by atoms with E-state index in [9.17, 15) is 40.2 Å². The molecule has 3 unspecified atom stereocenters. The zero-order valence-electron chi connectivity index (χ0n) is 17.7. The van der Waals surface area contributed by atoms with Crippen molar-refractivity contribution < 1.29 is 40.2 Å². The van der Waals surface area contributed by atoms with Gasteiger partial charge in [-0.2, -0.15) is 0 Å². The predicted molar refractivity (Wildman–Crippen MR) is 114 cm³/mol. The summed E-state index contributed by atoms with van der Waals surface area (Å²) >= 11 is 0. The second-order valence-corrected chi connectivity index (χ2v) is 8.66. The molecule has 0 aliphatic heterocycles. The average Bonchev–Trinajstić information content (AvgIpc) is 2.83. The van der Waals surface area contributed by atoms with Gasteiger partial charge in [-0.1, -0.05) is 24.3 Å². The number of nitrogens with two attached hydrogens (primary N) is 1. The zero-order chi connectivity index (χ0) is 24.3. The minimum Gasteiger partial charge on any atom is -0.394 e. The zero-order valence-corrected chi connectivity index (χ0v) is 17.7. The maximum absolute atomic E-state index is 11.8. The number of amides is 2. The summed E-state index contributed by atoms with van der Waals surface area (Å²) in [5.74, 6) is -3.66. The van der Waals surface area contributed by atoms with Crippen molar-refractivity contribution in [1.29, 1.82) is 0 Å². The van der Waals surface area contributed by atoms with Gasteiger partial charge in [-0.15, -0.1) is 0 Å². The molecular weight excluding hydrogens is 432 g/mol. The fraction of sp³-hybridized carbons (Fsp3) is 0.391. The number of nitrogens with one attached hydrogen (secondary N) is 1. The Balaban J connectivity index is 1.78. The summed E-state index contributed by atoms with van der Waals surface area (Å²) in [7, 11) is 1.46. The molecule has 2 amide bonds. The molecule has 7 atom stereocenters. The average molecular weight is 458 g/mol. The van der Waals surface area contributed by atoms with Crippen LogP contribution in [0.5, 0.6) is 0 Å². The van der Waals surface area contributed by atoms with Crippen LogP contribution in [0.1, 0.15) is 43.7 Å². The third-order valence-corrected chi connectivity index (χ3v) is 7.29. The third-order valence-electron chi connectivity index (χ3n) is 7.29. The van der Waals surface area contributed by atoms with Crippen LogP contribution in [0.25, 0.3) is 0 Å². The SMILES string of the molecule is CNC(=O)c1ccc(C2[C@]3(O)C(O)C(c4ccc(C(N)=O)cc4)[C@]3(O)[C@]2(O)[C@H](O)CO)cc1. The van der Waals surface area contributed by atoms with Crippen molar-refractivity contribution in [2.75, 3.05) is 13.7 Å². The van der Waals surface area contributed by atoms with Crippen LogP contribution in [0.2, 0.25) is 0 Å². The normalized spacial score (nSPS) is 35.5. The van der Waals surface area contributed by atoms with Crippen LogP contribution in [0, 0.1) is 0 Å². The lowest BCUT2D eigenvalue weighted by molar-refractivity contribution is -0.459. The Hall–Kier alpha value is -2.86. The van der Waals surface area contributed by atoms with Crippen molar-refractivity contribution in [3.05, 3.63) is 70.8 Å². The lowest BCUT2D eigenvalue weighted by Crippen LogP contribution is -2.99. The Morgan fingerprint density at radius 3 is 2.00 bits per heavy atom. The largest absolute Gasteiger partial charge is 0.394 e. The molecule has 176 valence electrons. The minimum atomic E-state index is -2.45. The molecular formula is C23H26N2O8. The number of fused-ring (bicyclic) bond motifs is 1. The van der Waals surface area contributed by atoms with Gasteiger partial charge in [0.2, 0.25) is 5.91 Å². The number of hydrogen-bond donors (Lipinski definition) is 8. The van der Waals surface area contributed by atoms with E-state index in [1.54, 1.807) is 0 Å². The van der Waals surface area contributed by atoms with Crippen molar-refractivity contribution in [2.45, 2.75) is 40.8 Å². The molecule has 2 saturated carbocycles. The fourth-order valence-electron chi connectivity index (χ4n) is 5.64. The second kappa shape index (κ2) is 7.59. The summed E-state index contributed by atoms with van der Waals surface area (Å²) < 4.78 is 0. The molecule has 10 nitrogen and oxygen atoms in total. The summed E-state index contributed by atoms with van der Waals surface area (Å²) in [4.78, 5) is 23.2. The topological polar surface area (TPSA) is 194 Å². The number of aliphatic hydroxyl groups excluding tert-OH is 3. The molecule has 2 fully saturated rings. The van der Waals surface area contributed by atoms with Gasteiger partial charge in [-0.3, -0.25) is 9.59 Å². The van der Waals surface area contributed by atoms with Crippen LogP contribution in [0.4, 0.5) is 0 Å². The number of benzene rings is 2. The maximum Gasteiger partial charge on any atom is 0.251 e. The highest BCUT2D eigenvalue weighted by atomic mass is 16.5. The lowest BCUT2D eigenvalue weighted by Gasteiger charge is -2.80. The van der Waals surface area contributed by atoms with Gasteiger partial charge < -0.3 is 41.7 Å². The van der Waals surface area contributed by atoms with Gasteiger partial charge in [0.1, 0.15) is 22.9 Å². The highest BCUT2D eigenvalue weighted by Crippen LogP contribution is 2.75. The van der Waals surface area contributed by atoms with E-state index >= 15 is 0 Å². The van der Waals surface area contributed by atoms with Crippen LogP contribution < -0.4 is 11.1 Å². The van der Waals surface area contributed by atoms with Gasteiger partial charge in [0.25, 0.3) is 5.91 Å². The molecule has 33 heavy (non-hydrogen) atoms. The van der Waals surface area contributed by atoms with E-state index in [-0.39, 0.29) is 22.6 Å². The van der Waals surface area contributed by atoms with E-state index in [4.69, 9.17) is 5.73 Å². The van der Waals surface area contributed by atoms with Gasteiger partial charge >= 0.3 is 0 Å². The number of rotatable bonds is 6. The molecule has 0 spiro atoms. The number of carbonyl (C=O) groups is 2. The molecule has 10 heteroatoms. The van der Waals surface area contributed by atoms with Crippen molar-refractivity contribution in [3.8, 4) is 0 Å². The molecule has 4 rings (SSSR count). The van der Waals surface area contributed by atoms with Crippen LogP contribution >= 0.6 is 0 Å². The number of primary amides is 1. The van der Waals surface area contributed by atoms with E-state index < -0.39 is 53.4 Å². The second-order valence-electron chi connectivity index (χ2n) is 8.66. The van der Waals surface area contributed by atoms with Crippen molar-refractivity contribution in [1.82, 2.24) is 5.32 Å². The first-order valence-electron chi connectivity index (χ1n) is 10.4. The Bertz CT molecular complexity index is 1090. The Labute approximate surface area is 188 Å². The van der Waals surface area contributed by atoms with Crippen molar-refractivity contribution in [3.63, 3.8) is 0 Å². The Morgan fingerprint density at radius 1 is 1.00 bits per heavy atom. The van der Waals surface area contributed by atoms with Gasteiger partial charge in [-0.25, -0.2) is 0 Å². The summed E-state index contributed by atoms with van der Waals surface area (Å²) in [5, 5.41) is 68.0. The van der Waals surface area contributed by atoms with E-state index in [1.807, 2.05) is 0 Å². The monoisotopic (exact) mass is 458 g/mol. The highest BCUT2D eigenvalue weighted by Gasteiger charge is 2.93. The fourth-order valence-corrected chi connectivity index (χ4v) is 5.64. The van der Waals surface area contributed by atoms with Gasteiger partial charge in [-0.05, 0) is 35.4 Å². The minimum absolute atomic E-state index is 0.183. The summed E-state index contributed by atoms with van der Waals surface area (Å²) in [6.07, 6.45) is -3.43. The van der Waals surface area contributed by atoms with Crippen LogP contribution in [-0.2, 0) is 0 Å². The quantitative estimate of drug-likeness (QED) is 0.242. The van der Waals surface area contributed by atoms with Crippen LogP contribution in [0.15, 0.2) is 48.5 Å². The predicted octanol–water partition coefficient (Wildman–Crippen LogP) is -2.05. The molecule has 9 N–H and O–H groups in total. The molecule has 2 aromatic carbocycles. The summed E-state index contributed by atoms with van der Waals surface area (Å²) in [6.45, 7) is -0.925. The van der Waals surface area contributed by atoms with E-state index in [2.05, 4.69) is 5.32 Å². The van der Waals surface area contributed by atoms with E-state index in [0.717, 1.165) is 0 Å². The molecule has 0 radical (unpaired) electrons. The Kier molecular flexibility index (Phi) is 5.36. The van der Waals surface area contributed by atoms with E-state index in [1.165, 1.54) is 55.6 Å². The first-order valence-corrected chi connectivity index (χ1v) is 10.4. The molecule has 2 aromatic rings. The number of aliphatic hydroxyl groups is 6. The molecule has 0 aromatic heterocycles. The molecule has 2 aliphatic carbocycles. The summed E-state index contributed by atoms with van der Waals surface area (Å²) in [6, 6.07) is 11.3. The summed E-state index contributed by atoms with van der Waals surface area (Å²) in [5.41, 5.74) is -0.887.